The molecule has 0 aromatic heterocycles. The van der Waals surface area contributed by atoms with Gasteiger partial charge < -0.3 is 4.74 Å². The lowest BCUT2D eigenvalue weighted by atomic mass is 10.0. The largest absolute Gasteiger partial charge is 0.461 e. The van der Waals surface area contributed by atoms with Crippen molar-refractivity contribution in [2.24, 2.45) is 0 Å². The number of hydrogen-bond donors (Lipinski definition) is 0. The summed E-state index contributed by atoms with van der Waals surface area (Å²) >= 11 is 0. The molecular weight excluding hydrogens is 236 g/mol. The fourth-order valence-corrected chi connectivity index (χ4v) is 1.24. The third-order valence-electron chi connectivity index (χ3n) is 1.84. The van der Waals surface area contributed by atoms with Crippen LogP contribution in [-0.2, 0) is 22.6 Å². The van der Waals surface area contributed by atoms with Crippen LogP contribution in [0.15, 0.2) is 24.3 Å². The highest BCUT2D eigenvalue weighted by atomic mass is 16.5. The minimum Gasteiger partial charge on any atom is -0.461 e. The van der Waals surface area contributed by atoms with Gasteiger partial charge in [0.05, 0.1) is 6.42 Å². The molecule has 0 amide bonds. The summed E-state index contributed by atoms with van der Waals surface area (Å²) in [6.07, 6.45) is 0.427. The second-order valence-electron chi connectivity index (χ2n) is 2.61. The molecule has 112 valence electrons. The predicted octanol–water partition coefficient (Wildman–Crippen LogP) is 5.39. The van der Waals surface area contributed by atoms with E-state index < -0.39 is 0 Å². The van der Waals surface area contributed by atoms with Gasteiger partial charge in [-0.05, 0) is 11.1 Å². The van der Waals surface area contributed by atoms with Crippen molar-refractivity contribution in [3.63, 3.8) is 0 Å². The van der Waals surface area contributed by atoms with E-state index in [4.69, 9.17) is 4.74 Å². The molecule has 19 heavy (non-hydrogen) atoms. The van der Waals surface area contributed by atoms with E-state index in [1.165, 1.54) is 0 Å². The molecule has 2 heteroatoms. The maximum absolute atomic E-state index is 10.8. The molecule has 1 aliphatic heterocycles. The number of rotatable bonds is 0. The van der Waals surface area contributed by atoms with Crippen LogP contribution in [-0.4, -0.2) is 5.97 Å². The van der Waals surface area contributed by atoms with E-state index in [9.17, 15) is 4.79 Å². The fraction of sp³-hybridized carbons (Fsp3) is 0.588. The Bertz CT molecular complexity index is 293. The van der Waals surface area contributed by atoms with Crippen molar-refractivity contribution in [2.75, 3.05) is 0 Å². The van der Waals surface area contributed by atoms with Gasteiger partial charge in [-0.15, -0.1) is 0 Å². The van der Waals surface area contributed by atoms with Crippen LogP contribution in [0, 0.1) is 0 Å². The normalized spacial score (nSPS) is 10.2. The Hall–Kier alpha value is -1.31. The van der Waals surface area contributed by atoms with Crippen LogP contribution in [0.2, 0.25) is 0 Å². The SMILES string of the molecule is CC.CC.CC.CC.O=C1Cc2ccccc2CO1. The Morgan fingerprint density at radius 3 is 1.68 bits per heavy atom. The van der Waals surface area contributed by atoms with Crippen LogP contribution in [0.25, 0.3) is 0 Å². The molecule has 0 spiro atoms. The van der Waals surface area contributed by atoms with Crippen molar-refractivity contribution >= 4 is 5.97 Å². The van der Waals surface area contributed by atoms with Gasteiger partial charge in [0.1, 0.15) is 6.61 Å². The molecule has 0 saturated carbocycles. The number of ether oxygens (including phenoxy) is 1. The first-order valence-corrected chi connectivity index (χ1v) is 7.58. The molecular formula is C17H32O2. The summed E-state index contributed by atoms with van der Waals surface area (Å²) in [5.41, 5.74) is 2.23. The Kier molecular flexibility index (Phi) is 22.9. The third-order valence-corrected chi connectivity index (χ3v) is 1.84. The molecule has 1 heterocycles. The van der Waals surface area contributed by atoms with Crippen molar-refractivity contribution in [1.29, 1.82) is 0 Å². The number of cyclic esters (lactones) is 1. The van der Waals surface area contributed by atoms with Crippen molar-refractivity contribution in [2.45, 2.75) is 68.4 Å². The Labute approximate surface area is 120 Å². The molecule has 0 saturated heterocycles. The van der Waals surface area contributed by atoms with Gasteiger partial charge in [-0.1, -0.05) is 79.7 Å². The van der Waals surface area contributed by atoms with Crippen molar-refractivity contribution in [3.8, 4) is 0 Å². The molecule has 2 rings (SSSR count). The summed E-state index contributed by atoms with van der Waals surface area (Å²) in [6, 6.07) is 7.85. The first-order chi connectivity index (χ1) is 9.36. The highest BCUT2D eigenvalue weighted by Gasteiger charge is 2.14. The van der Waals surface area contributed by atoms with Crippen LogP contribution in [0.1, 0.15) is 66.5 Å². The van der Waals surface area contributed by atoms with Gasteiger partial charge in [-0.3, -0.25) is 4.79 Å². The molecule has 1 aromatic rings. The van der Waals surface area contributed by atoms with Crippen LogP contribution < -0.4 is 0 Å². The summed E-state index contributed by atoms with van der Waals surface area (Å²) < 4.78 is 4.87. The fourth-order valence-electron chi connectivity index (χ4n) is 1.24. The first kappa shape index (κ1) is 22.8. The highest BCUT2D eigenvalue weighted by Crippen LogP contribution is 2.15. The molecule has 0 fully saturated rings. The minimum atomic E-state index is -0.122. The summed E-state index contributed by atoms with van der Waals surface area (Å²) in [5.74, 6) is -0.122. The standard InChI is InChI=1S/C9H8O2.4C2H6/c10-9-5-7-3-1-2-4-8(7)6-11-9;4*1-2/h1-4H,5-6H2;4*1-2H3. The second-order valence-corrected chi connectivity index (χ2v) is 2.61. The molecule has 0 radical (unpaired) electrons. The van der Waals surface area contributed by atoms with E-state index in [0.29, 0.717) is 13.0 Å². The quantitative estimate of drug-likeness (QED) is 0.590. The zero-order valence-electron chi connectivity index (χ0n) is 14.0. The topological polar surface area (TPSA) is 26.3 Å². The van der Waals surface area contributed by atoms with Gasteiger partial charge in [0.15, 0.2) is 0 Å². The van der Waals surface area contributed by atoms with E-state index in [2.05, 4.69) is 0 Å². The molecule has 0 unspecified atom stereocenters. The minimum absolute atomic E-state index is 0.122. The molecule has 1 aliphatic rings. The molecule has 2 nitrogen and oxygen atoms in total. The average Bonchev–Trinajstić information content (AvgIpc) is 2.55. The number of hydrogen-bond acceptors (Lipinski definition) is 2. The summed E-state index contributed by atoms with van der Waals surface area (Å²) in [6.45, 7) is 16.4. The molecule has 0 atom stereocenters. The molecule has 1 aromatic carbocycles. The summed E-state index contributed by atoms with van der Waals surface area (Å²) in [4.78, 5) is 10.8. The monoisotopic (exact) mass is 268 g/mol. The zero-order chi connectivity index (χ0) is 15.7. The lowest BCUT2D eigenvalue weighted by Gasteiger charge is -2.14. The number of esters is 1. The van der Waals surface area contributed by atoms with Crippen molar-refractivity contribution in [3.05, 3.63) is 35.4 Å². The van der Waals surface area contributed by atoms with E-state index in [0.717, 1.165) is 11.1 Å². The predicted molar refractivity (Wildman–Crippen MR) is 85.3 cm³/mol. The van der Waals surface area contributed by atoms with Crippen LogP contribution >= 0.6 is 0 Å². The number of fused-ring (bicyclic) bond motifs is 1. The van der Waals surface area contributed by atoms with Gasteiger partial charge in [0.25, 0.3) is 0 Å². The number of carbonyl (C=O) groups excluding carboxylic acids is 1. The third kappa shape index (κ3) is 10.3. The Balaban J connectivity index is -0.000000278. The zero-order valence-corrected chi connectivity index (χ0v) is 14.0. The van der Waals surface area contributed by atoms with Gasteiger partial charge in [0.2, 0.25) is 0 Å². The van der Waals surface area contributed by atoms with Gasteiger partial charge >= 0.3 is 5.97 Å². The van der Waals surface area contributed by atoms with Gasteiger partial charge in [-0.25, -0.2) is 0 Å². The van der Waals surface area contributed by atoms with Gasteiger partial charge in [0, 0.05) is 0 Å². The maximum Gasteiger partial charge on any atom is 0.310 e. The van der Waals surface area contributed by atoms with E-state index in [1.807, 2.05) is 79.7 Å². The lowest BCUT2D eigenvalue weighted by Crippen LogP contribution is -2.15. The maximum atomic E-state index is 10.8. The second kappa shape index (κ2) is 19.0. The first-order valence-electron chi connectivity index (χ1n) is 7.58. The van der Waals surface area contributed by atoms with Crippen molar-refractivity contribution < 1.29 is 9.53 Å². The van der Waals surface area contributed by atoms with E-state index in [1.54, 1.807) is 0 Å². The Morgan fingerprint density at radius 2 is 1.21 bits per heavy atom. The van der Waals surface area contributed by atoms with E-state index in [-0.39, 0.29) is 5.97 Å². The number of benzene rings is 1. The summed E-state index contributed by atoms with van der Waals surface area (Å²) in [5, 5.41) is 0. The van der Waals surface area contributed by atoms with Gasteiger partial charge in [-0.2, -0.15) is 0 Å². The molecule has 0 N–H and O–H groups in total. The smallest absolute Gasteiger partial charge is 0.310 e. The van der Waals surface area contributed by atoms with Crippen LogP contribution in [0.4, 0.5) is 0 Å². The summed E-state index contributed by atoms with van der Waals surface area (Å²) in [7, 11) is 0. The van der Waals surface area contributed by atoms with Crippen LogP contribution in [0.5, 0.6) is 0 Å². The molecule has 0 aliphatic carbocycles. The Morgan fingerprint density at radius 1 is 0.789 bits per heavy atom. The highest BCUT2D eigenvalue weighted by molar-refractivity contribution is 5.74. The lowest BCUT2D eigenvalue weighted by molar-refractivity contribution is -0.145. The number of carbonyl (C=O) groups is 1. The molecule has 0 bridgehead atoms. The van der Waals surface area contributed by atoms with Crippen molar-refractivity contribution in [1.82, 2.24) is 0 Å². The van der Waals surface area contributed by atoms with E-state index >= 15 is 0 Å². The van der Waals surface area contributed by atoms with Crippen LogP contribution in [0.3, 0.4) is 0 Å². The average molecular weight is 268 g/mol.